The molecule has 0 saturated heterocycles. The largest absolute Gasteiger partial charge is 0.477 e. The molecule has 0 amide bonds. The normalized spacial score (nSPS) is 11.2. The van der Waals surface area contributed by atoms with Gasteiger partial charge >= 0.3 is 0 Å². The number of nitrogens with zero attached hydrogens (tertiary/aromatic N) is 2. The van der Waals surface area contributed by atoms with Gasteiger partial charge in [0.2, 0.25) is 5.88 Å². The highest BCUT2D eigenvalue weighted by atomic mass is 16.5. The van der Waals surface area contributed by atoms with Crippen LogP contribution in [0.5, 0.6) is 5.88 Å². The predicted molar refractivity (Wildman–Crippen MR) is 69.0 cm³/mol. The number of ether oxygens (including phenoxy) is 1. The third kappa shape index (κ3) is 6.22. The van der Waals surface area contributed by atoms with Crippen molar-refractivity contribution in [3.05, 3.63) is 18.1 Å². The molecule has 1 N–H and O–H groups in total. The van der Waals surface area contributed by atoms with Gasteiger partial charge < -0.3 is 10.1 Å². The summed E-state index contributed by atoms with van der Waals surface area (Å²) in [6.45, 7) is 10.0. The van der Waals surface area contributed by atoms with Crippen LogP contribution in [0.25, 0.3) is 0 Å². The molecule has 0 atom stereocenters. The molecule has 0 saturated carbocycles. The maximum absolute atomic E-state index is 5.56. The van der Waals surface area contributed by atoms with Crippen molar-refractivity contribution in [1.82, 2.24) is 15.3 Å². The first-order valence-corrected chi connectivity index (χ1v) is 6.25. The van der Waals surface area contributed by atoms with Crippen molar-refractivity contribution in [2.75, 3.05) is 6.61 Å². The van der Waals surface area contributed by atoms with E-state index in [1.165, 1.54) is 0 Å². The summed E-state index contributed by atoms with van der Waals surface area (Å²) in [5.41, 5.74) is 0.917. The summed E-state index contributed by atoms with van der Waals surface area (Å²) in [5.74, 6) is 1.27. The van der Waals surface area contributed by atoms with Gasteiger partial charge in [-0.25, -0.2) is 4.98 Å². The fourth-order valence-corrected chi connectivity index (χ4v) is 1.25. The number of hydrogen-bond donors (Lipinski definition) is 1. The first-order valence-electron chi connectivity index (χ1n) is 6.25. The molecule has 0 radical (unpaired) electrons. The molecule has 0 unspecified atom stereocenters. The van der Waals surface area contributed by atoms with Crippen molar-refractivity contribution >= 4 is 0 Å². The van der Waals surface area contributed by atoms with Gasteiger partial charge in [0, 0.05) is 18.8 Å². The summed E-state index contributed by atoms with van der Waals surface area (Å²) >= 11 is 0. The van der Waals surface area contributed by atoms with Crippen LogP contribution in [0.1, 0.15) is 39.8 Å². The summed E-state index contributed by atoms with van der Waals surface area (Å²) in [7, 11) is 0. The Morgan fingerprint density at radius 2 is 2.00 bits per heavy atom. The van der Waals surface area contributed by atoms with Gasteiger partial charge in [-0.1, -0.05) is 27.7 Å². The summed E-state index contributed by atoms with van der Waals surface area (Å²) in [6, 6.07) is 0.447. The van der Waals surface area contributed by atoms with Crippen molar-refractivity contribution in [2.24, 2.45) is 5.92 Å². The van der Waals surface area contributed by atoms with E-state index in [0.29, 0.717) is 24.4 Å². The van der Waals surface area contributed by atoms with Crippen LogP contribution in [-0.4, -0.2) is 22.6 Å². The van der Waals surface area contributed by atoms with Crippen molar-refractivity contribution in [3.63, 3.8) is 0 Å². The fraction of sp³-hybridized carbons (Fsp3) is 0.692. The van der Waals surface area contributed by atoms with Crippen molar-refractivity contribution in [3.8, 4) is 5.88 Å². The summed E-state index contributed by atoms with van der Waals surface area (Å²) in [4.78, 5) is 8.53. The Balaban J connectivity index is 2.42. The van der Waals surface area contributed by atoms with E-state index >= 15 is 0 Å². The SMILES string of the molecule is CC(C)CCOc1cncc(CNC(C)C)n1. The molecule has 1 aromatic rings. The maximum Gasteiger partial charge on any atom is 0.232 e. The third-order valence-corrected chi connectivity index (χ3v) is 2.30. The molecule has 0 fully saturated rings. The van der Waals surface area contributed by atoms with Crippen LogP contribution < -0.4 is 10.1 Å². The van der Waals surface area contributed by atoms with Crippen molar-refractivity contribution < 1.29 is 4.74 Å². The van der Waals surface area contributed by atoms with Crippen LogP contribution in [0.2, 0.25) is 0 Å². The lowest BCUT2D eigenvalue weighted by Gasteiger charge is -2.09. The smallest absolute Gasteiger partial charge is 0.232 e. The molecule has 17 heavy (non-hydrogen) atoms. The Bertz CT molecular complexity index is 326. The second-order valence-corrected chi connectivity index (χ2v) is 4.92. The van der Waals surface area contributed by atoms with Gasteiger partial charge in [0.1, 0.15) is 0 Å². The molecule has 1 aromatic heterocycles. The van der Waals surface area contributed by atoms with Crippen LogP contribution in [0.3, 0.4) is 0 Å². The van der Waals surface area contributed by atoms with E-state index < -0.39 is 0 Å². The molecule has 0 bridgehead atoms. The van der Waals surface area contributed by atoms with E-state index in [2.05, 4.69) is 43.0 Å². The highest BCUT2D eigenvalue weighted by molar-refractivity contribution is 5.08. The Labute approximate surface area is 104 Å². The van der Waals surface area contributed by atoms with Gasteiger partial charge in [-0.2, -0.15) is 0 Å². The Kier molecular flexibility index (Phi) is 5.91. The summed E-state index contributed by atoms with van der Waals surface area (Å²) in [5, 5.41) is 3.31. The molecule has 4 heteroatoms. The average Bonchev–Trinajstić information content (AvgIpc) is 2.26. The topological polar surface area (TPSA) is 47.0 Å². The number of nitrogens with one attached hydrogen (secondary N) is 1. The highest BCUT2D eigenvalue weighted by Gasteiger charge is 2.01. The molecule has 0 spiro atoms. The van der Waals surface area contributed by atoms with E-state index in [0.717, 1.165) is 18.7 Å². The second kappa shape index (κ2) is 7.22. The lowest BCUT2D eigenvalue weighted by Crippen LogP contribution is -2.22. The van der Waals surface area contributed by atoms with Crippen LogP contribution in [0, 0.1) is 5.92 Å². The molecular weight excluding hydrogens is 214 g/mol. The molecule has 4 nitrogen and oxygen atoms in total. The second-order valence-electron chi connectivity index (χ2n) is 4.92. The molecule has 0 aliphatic carbocycles. The molecule has 0 aromatic carbocycles. The zero-order valence-electron chi connectivity index (χ0n) is 11.2. The average molecular weight is 237 g/mol. The van der Waals surface area contributed by atoms with Crippen LogP contribution in [-0.2, 0) is 6.54 Å². The lowest BCUT2D eigenvalue weighted by molar-refractivity contribution is 0.277. The van der Waals surface area contributed by atoms with Gasteiger partial charge in [0.15, 0.2) is 0 Å². The number of hydrogen-bond acceptors (Lipinski definition) is 4. The zero-order valence-corrected chi connectivity index (χ0v) is 11.2. The Hall–Kier alpha value is -1.16. The van der Waals surface area contributed by atoms with Crippen molar-refractivity contribution in [1.29, 1.82) is 0 Å². The summed E-state index contributed by atoms with van der Waals surface area (Å²) < 4.78 is 5.56. The van der Waals surface area contributed by atoms with E-state index in [1.807, 2.05) is 0 Å². The van der Waals surface area contributed by atoms with Gasteiger partial charge in [0.05, 0.1) is 18.5 Å². The number of rotatable bonds is 7. The van der Waals surface area contributed by atoms with Gasteiger partial charge in [-0.3, -0.25) is 4.98 Å². The van der Waals surface area contributed by atoms with E-state index in [4.69, 9.17) is 4.74 Å². The lowest BCUT2D eigenvalue weighted by atomic mass is 10.1. The van der Waals surface area contributed by atoms with Gasteiger partial charge in [-0.05, 0) is 12.3 Å². The van der Waals surface area contributed by atoms with E-state index in [9.17, 15) is 0 Å². The quantitative estimate of drug-likeness (QED) is 0.791. The van der Waals surface area contributed by atoms with Crippen LogP contribution >= 0.6 is 0 Å². The molecule has 0 aliphatic rings. The first-order chi connectivity index (χ1) is 8.08. The molecule has 1 heterocycles. The minimum atomic E-state index is 0.447. The molecule has 96 valence electrons. The van der Waals surface area contributed by atoms with Gasteiger partial charge in [-0.15, -0.1) is 0 Å². The fourth-order valence-electron chi connectivity index (χ4n) is 1.25. The molecular formula is C13H23N3O. The standard InChI is InChI=1S/C13H23N3O/c1-10(2)5-6-17-13-9-14-7-12(16-13)8-15-11(3)4/h7,9-11,15H,5-6,8H2,1-4H3. The van der Waals surface area contributed by atoms with Crippen LogP contribution in [0.4, 0.5) is 0 Å². The minimum absolute atomic E-state index is 0.447. The van der Waals surface area contributed by atoms with E-state index in [-0.39, 0.29) is 0 Å². The zero-order chi connectivity index (χ0) is 12.7. The first kappa shape index (κ1) is 13.9. The third-order valence-electron chi connectivity index (χ3n) is 2.30. The minimum Gasteiger partial charge on any atom is -0.477 e. The molecule has 0 aliphatic heterocycles. The molecule has 1 rings (SSSR count). The Morgan fingerprint density at radius 3 is 2.65 bits per heavy atom. The van der Waals surface area contributed by atoms with Crippen molar-refractivity contribution in [2.45, 2.75) is 46.7 Å². The van der Waals surface area contributed by atoms with Gasteiger partial charge in [0.25, 0.3) is 0 Å². The predicted octanol–water partition coefficient (Wildman–Crippen LogP) is 2.40. The monoisotopic (exact) mass is 237 g/mol. The Morgan fingerprint density at radius 1 is 1.24 bits per heavy atom. The maximum atomic E-state index is 5.56. The van der Waals surface area contributed by atoms with Crippen LogP contribution in [0.15, 0.2) is 12.4 Å². The highest BCUT2D eigenvalue weighted by Crippen LogP contribution is 2.07. The number of aromatic nitrogens is 2. The summed E-state index contributed by atoms with van der Waals surface area (Å²) in [6.07, 6.45) is 4.47. The van der Waals surface area contributed by atoms with E-state index in [1.54, 1.807) is 12.4 Å².